The zero-order valence-corrected chi connectivity index (χ0v) is 24.0. The minimum absolute atomic E-state index is 0.00762. The van der Waals surface area contributed by atoms with E-state index in [1.54, 1.807) is 0 Å². The number of phenols is 1. The molecule has 11 heteroatoms. The number of ether oxygens (including phenoxy) is 1. The zero-order valence-electron chi connectivity index (χ0n) is 24.0. The summed E-state index contributed by atoms with van der Waals surface area (Å²) in [5.74, 6) is 1.79. The van der Waals surface area contributed by atoms with Crippen LogP contribution in [-0.4, -0.2) is 82.0 Å². The van der Waals surface area contributed by atoms with Crippen LogP contribution in [-0.2, 0) is 0 Å². The summed E-state index contributed by atoms with van der Waals surface area (Å²) in [7, 11) is 0. The van der Waals surface area contributed by atoms with Gasteiger partial charge in [0.15, 0.2) is 5.82 Å². The maximum atomic E-state index is 16.7. The second-order valence-corrected chi connectivity index (χ2v) is 12.5. The number of benzene rings is 2. The Morgan fingerprint density at radius 3 is 2.91 bits per heavy atom. The summed E-state index contributed by atoms with van der Waals surface area (Å²) in [5, 5.41) is 15.2. The first-order chi connectivity index (χ1) is 21.3. The maximum absolute atomic E-state index is 16.7. The number of halogens is 3. The highest BCUT2D eigenvalue weighted by Crippen LogP contribution is 2.42. The van der Waals surface area contributed by atoms with Gasteiger partial charge in [-0.3, -0.25) is 9.88 Å². The average molecular weight is 601 g/mol. The standard InChI is InChI=1S/C33H31F3N6O2/c1-2-22-25(35)5-4-18-10-21(43)11-23(27(18)22)29-28(36)30-24(13-38-29)31(41-14-19-6-8-37-26(19)16-41)40-32(39-30)44-17-33-7-3-9-42(33)15-20(34)12-33/h1,4-5,10-11,13,19-20,26,37,43H,3,6-9,12,14-17H2/t19?,20-,26?,33+/m1/s1. The Bertz CT molecular complexity index is 1850. The van der Waals surface area contributed by atoms with Gasteiger partial charge >= 0.3 is 6.01 Å². The lowest BCUT2D eigenvalue weighted by atomic mass is 9.95. The summed E-state index contributed by atoms with van der Waals surface area (Å²) in [6, 6.07) is 5.79. The highest BCUT2D eigenvalue weighted by Gasteiger charge is 2.49. The van der Waals surface area contributed by atoms with Crippen molar-refractivity contribution in [2.75, 3.05) is 44.2 Å². The van der Waals surface area contributed by atoms with Crippen molar-refractivity contribution in [3.8, 4) is 35.4 Å². The fourth-order valence-electron chi connectivity index (χ4n) is 7.94. The second kappa shape index (κ2) is 10.2. The van der Waals surface area contributed by atoms with Crippen LogP contribution in [0.3, 0.4) is 0 Å². The predicted octanol–water partition coefficient (Wildman–Crippen LogP) is 4.56. The van der Waals surface area contributed by atoms with Crippen LogP contribution in [0.2, 0.25) is 0 Å². The SMILES string of the molecule is C#Cc1c(F)ccc2cc(O)cc(-c3ncc4c(N5CC6CCNC6C5)nc(OC[C@@]56CCCN5C[C@H](F)C6)nc4c3F)c12. The Balaban J connectivity index is 1.27. The number of rotatable bonds is 5. The minimum atomic E-state index is -0.913. The van der Waals surface area contributed by atoms with Crippen molar-refractivity contribution in [1.29, 1.82) is 0 Å². The molecule has 4 aromatic rings. The number of phenolic OH excluding ortho intramolecular Hbond substituents is 1. The fraction of sp³-hybridized carbons (Fsp3) is 0.424. The third-order valence-electron chi connectivity index (χ3n) is 9.99. The van der Waals surface area contributed by atoms with Gasteiger partial charge in [0.25, 0.3) is 0 Å². The van der Waals surface area contributed by atoms with E-state index in [0.717, 1.165) is 38.9 Å². The molecule has 0 spiro atoms. The van der Waals surface area contributed by atoms with E-state index in [1.165, 1.54) is 30.5 Å². The van der Waals surface area contributed by atoms with E-state index in [4.69, 9.17) is 16.1 Å². The molecular formula is C33H31F3N6O2. The van der Waals surface area contributed by atoms with Crippen molar-refractivity contribution in [2.24, 2.45) is 5.92 Å². The van der Waals surface area contributed by atoms with Gasteiger partial charge in [-0.15, -0.1) is 6.42 Å². The highest BCUT2D eigenvalue weighted by molar-refractivity contribution is 6.03. The number of alkyl halides is 1. The maximum Gasteiger partial charge on any atom is 0.319 e. The molecular weight excluding hydrogens is 569 g/mol. The molecule has 4 aliphatic heterocycles. The van der Waals surface area contributed by atoms with E-state index in [-0.39, 0.29) is 46.1 Å². The van der Waals surface area contributed by atoms with E-state index in [9.17, 15) is 13.9 Å². The molecule has 8 nitrogen and oxygen atoms in total. The summed E-state index contributed by atoms with van der Waals surface area (Å²) < 4.78 is 52.1. The lowest BCUT2D eigenvalue weighted by Crippen LogP contribution is -2.43. The molecule has 0 bridgehead atoms. The number of terminal acetylenes is 1. The summed E-state index contributed by atoms with van der Waals surface area (Å²) in [6.45, 7) is 3.82. The largest absolute Gasteiger partial charge is 0.508 e. The van der Waals surface area contributed by atoms with E-state index in [1.807, 2.05) is 0 Å². The van der Waals surface area contributed by atoms with Crippen LogP contribution < -0.4 is 15.0 Å². The molecule has 4 aliphatic rings. The monoisotopic (exact) mass is 600 g/mol. The molecule has 8 rings (SSSR count). The molecule has 0 radical (unpaired) electrons. The van der Waals surface area contributed by atoms with Gasteiger partial charge in [0, 0.05) is 49.2 Å². The van der Waals surface area contributed by atoms with Crippen molar-refractivity contribution >= 4 is 27.5 Å². The van der Waals surface area contributed by atoms with Gasteiger partial charge in [-0.25, -0.2) is 13.2 Å². The molecule has 4 fully saturated rings. The van der Waals surface area contributed by atoms with E-state index >= 15 is 4.39 Å². The predicted molar refractivity (Wildman–Crippen MR) is 160 cm³/mol. The number of hydrogen-bond donors (Lipinski definition) is 2. The zero-order chi connectivity index (χ0) is 30.2. The number of pyridine rings is 1. The van der Waals surface area contributed by atoms with Gasteiger partial charge < -0.3 is 20.1 Å². The molecule has 6 heterocycles. The number of aromatic hydroxyl groups is 1. The van der Waals surface area contributed by atoms with Crippen LogP contribution >= 0.6 is 0 Å². The van der Waals surface area contributed by atoms with E-state index < -0.39 is 23.3 Å². The number of aromatic nitrogens is 3. The molecule has 2 aromatic heterocycles. The minimum Gasteiger partial charge on any atom is -0.508 e. The van der Waals surface area contributed by atoms with Gasteiger partial charge in [0.05, 0.1) is 16.5 Å². The van der Waals surface area contributed by atoms with Crippen LogP contribution in [0.5, 0.6) is 11.8 Å². The lowest BCUT2D eigenvalue weighted by Gasteiger charge is -2.31. The Labute approximate surface area is 252 Å². The average Bonchev–Trinajstić information content (AvgIpc) is 3.77. The quantitative estimate of drug-likeness (QED) is 0.323. The first-order valence-electron chi connectivity index (χ1n) is 15.1. The molecule has 2 unspecified atom stereocenters. The van der Waals surface area contributed by atoms with E-state index in [2.05, 4.69) is 31.0 Å². The Morgan fingerprint density at radius 2 is 2.07 bits per heavy atom. The number of anilines is 1. The smallest absolute Gasteiger partial charge is 0.319 e. The van der Waals surface area contributed by atoms with Crippen LogP contribution in [0, 0.1) is 29.9 Å². The van der Waals surface area contributed by atoms with Gasteiger partial charge in [-0.05, 0) is 61.9 Å². The normalized spacial score (nSPS) is 26.4. The second-order valence-electron chi connectivity index (χ2n) is 12.5. The Kier molecular flexibility index (Phi) is 6.36. The van der Waals surface area contributed by atoms with Gasteiger partial charge in [-0.2, -0.15) is 9.97 Å². The third kappa shape index (κ3) is 4.26. The summed E-state index contributed by atoms with van der Waals surface area (Å²) in [4.78, 5) is 18.1. The van der Waals surface area contributed by atoms with Crippen molar-refractivity contribution in [2.45, 2.75) is 43.4 Å². The molecule has 226 valence electrons. The van der Waals surface area contributed by atoms with Gasteiger partial charge in [-0.1, -0.05) is 12.0 Å². The first kappa shape index (κ1) is 27.4. The van der Waals surface area contributed by atoms with E-state index in [0.29, 0.717) is 48.1 Å². The van der Waals surface area contributed by atoms with Crippen molar-refractivity contribution in [3.63, 3.8) is 0 Å². The van der Waals surface area contributed by atoms with Crippen LogP contribution in [0.15, 0.2) is 30.5 Å². The van der Waals surface area contributed by atoms with Gasteiger partial charge in [0.1, 0.15) is 41.4 Å². The highest BCUT2D eigenvalue weighted by atomic mass is 19.1. The molecule has 0 amide bonds. The van der Waals surface area contributed by atoms with Crippen LogP contribution in [0.1, 0.15) is 31.2 Å². The summed E-state index contributed by atoms with van der Waals surface area (Å²) in [5.41, 5.74) is -0.469. The number of hydrogen-bond acceptors (Lipinski definition) is 8. The number of nitrogens with zero attached hydrogens (tertiary/aromatic N) is 5. The molecule has 44 heavy (non-hydrogen) atoms. The molecule has 2 aromatic carbocycles. The molecule has 0 aliphatic carbocycles. The lowest BCUT2D eigenvalue weighted by molar-refractivity contribution is 0.107. The summed E-state index contributed by atoms with van der Waals surface area (Å²) in [6.07, 6.45) is 9.48. The number of fused-ring (bicyclic) bond motifs is 4. The third-order valence-corrected chi connectivity index (χ3v) is 9.99. The van der Waals surface area contributed by atoms with Crippen molar-refractivity contribution in [1.82, 2.24) is 25.2 Å². The van der Waals surface area contributed by atoms with Crippen LogP contribution in [0.4, 0.5) is 19.0 Å². The topological polar surface area (TPSA) is 86.6 Å². The van der Waals surface area contributed by atoms with Crippen LogP contribution in [0.25, 0.3) is 32.9 Å². The van der Waals surface area contributed by atoms with Crippen molar-refractivity contribution < 1.29 is 23.0 Å². The Hall–Kier alpha value is -4.14. The molecule has 4 saturated heterocycles. The summed E-state index contributed by atoms with van der Waals surface area (Å²) >= 11 is 0. The molecule has 0 saturated carbocycles. The molecule has 4 atom stereocenters. The number of nitrogens with one attached hydrogen (secondary N) is 1. The van der Waals surface area contributed by atoms with Crippen molar-refractivity contribution in [3.05, 3.63) is 47.7 Å². The Morgan fingerprint density at radius 1 is 1.18 bits per heavy atom. The molecule has 2 N–H and O–H groups in total. The fourth-order valence-corrected chi connectivity index (χ4v) is 7.94. The van der Waals surface area contributed by atoms with Gasteiger partial charge in [0.2, 0.25) is 0 Å². The first-order valence-corrected chi connectivity index (χ1v) is 15.1.